The third-order valence-corrected chi connectivity index (χ3v) is 5.02. The molecule has 132 valence electrons. The molecule has 0 bridgehead atoms. The van der Waals surface area contributed by atoms with E-state index in [0.29, 0.717) is 11.4 Å². The maximum Gasteiger partial charge on any atom is 0.261 e. The standard InChI is InChI=1S/C19H19ClN2O2.ClH/c20-13-4-7-17-12(8-13)10-18(24-17)19(23)22-16-3-1-2-11-9-14(21)5-6-15(11)16;/h4-9,16,18H,1-3,10,21H2,(H,22,23);1H. The van der Waals surface area contributed by atoms with Crippen LogP contribution >= 0.6 is 24.0 Å². The van der Waals surface area contributed by atoms with E-state index in [4.69, 9.17) is 22.1 Å². The number of nitrogens with two attached hydrogens (primary N) is 1. The first kappa shape index (κ1) is 17.9. The Hall–Kier alpha value is -1.91. The molecule has 2 atom stereocenters. The lowest BCUT2D eigenvalue weighted by atomic mass is 9.87. The van der Waals surface area contributed by atoms with Gasteiger partial charge in [-0.1, -0.05) is 17.7 Å². The molecule has 1 aliphatic heterocycles. The van der Waals surface area contributed by atoms with Gasteiger partial charge < -0.3 is 15.8 Å². The lowest BCUT2D eigenvalue weighted by Gasteiger charge is -2.27. The number of hydrogen-bond acceptors (Lipinski definition) is 3. The summed E-state index contributed by atoms with van der Waals surface area (Å²) in [5, 5.41) is 3.81. The molecule has 25 heavy (non-hydrogen) atoms. The molecule has 2 unspecified atom stereocenters. The number of fused-ring (bicyclic) bond motifs is 2. The van der Waals surface area contributed by atoms with E-state index in [1.165, 1.54) is 11.1 Å². The molecule has 0 saturated carbocycles. The summed E-state index contributed by atoms with van der Waals surface area (Å²) in [6, 6.07) is 11.4. The first-order valence-electron chi connectivity index (χ1n) is 8.24. The number of carbonyl (C=O) groups is 1. The first-order valence-corrected chi connectivity index (χ1v) is 8.62. The minimum Gasteiger partial charge on any atom is -0.480 e. The van der Waals surface area contributed by atoms with E-state index in [9.17, 15) is 4.79 Å². The van der Waals surface area contributed by atoms with Crippen LogP contribution in [0, 0.1) is 0 Å². The Bertz CT molecular complexity index is 810. The van der Waals surface area contributed by atoms with E-state index in [2.05, 4.69) is 5.32 Å². The molecule has 1 amide bonds. The molecule has 2 aliphatic rings. The largest absolute Gasteiger partial charge is 0.480 e. The van der Waals surface area contributed by atoms with Crippen LogP contribution in [0.25, 0.3) is 0 Å². The molecule has 6 heteroatoms. The highest BCUT2D eigenvalue weighted by Gasteiger charge is 2.31. The summed E-state index contributed by atoms with van der Waals surface area (Å²) in [5.74, 6) is 0.674. The zero-order chi connectivity index (χ0) is 16.7. The zero-order valence-electron chi connectivity index (χ0n) is 13.6. The third kappa shape index (κ3) is 3.55. The molecule has 4 rings (SSSR count). The lowest BCUT2D eigenvalue weighted by Crippen LogP contribution is -2.40. The van der Waals surface area contributed by atoms with Gasteiger partial charge in [0.15, 0.2) is 6.10 Å². The highest BCUT2D eigenvalue weighted by atomic mass is 35.5. The monoisotopic (exact) mass is 378 g/mol. The van der Waals surface area contributed by atoms with Gasteiger partial charge in [-0.15, -0.1) is 12.4 Å². The normalized spacial score (nSPS) is 20.7. The Morgan fingerprint density at radius 1 is 1.20 bits per heavy atom. The lowest BCUT2D eigenvalue weighted by molar-refractivity contribution is -0.128. The number of anilines is 1. The van der Waals surface area contributed by atoms with Gasteiger partial charge in [0, 0.05) is 17.1 Å². The number of hydrogen-bond donors (Lipinski definition) is 2. The summed E-state index contributed by atoms with van der Waals surface area (Å²) in [4.78, 5) is 12.6. The van der Waals surface area contributed by atoms with Crippen LogP contribution in [0.5, 0.6) is 5.75 Å². The maximum absolute atomic E-state index is 12.6. The Kier molecular flexibility index (Phi) is 5.11. The van der Waals surface area contributed by atoms with Crippen molar-refractivity contribution < 1.29 is 9.53 Å². The van der Waals surface area contributed by atoms with Gasteiger partial charge in [-0.2, -0.15) is 0 Å². The summed E-state index contributed by atoms with van der Waals surface area (Å²) in [6.07, 6.45) is 3.06. The Balaban J connectivity index is 0.00000182. The highest BCUT2D eigenvalue weighted by molar-refractivity contribution is 6.30. The summed E-state index contributed by atoms with van der Waals surface area (Å²) in [7, 11) is 0. The number of carbonyl (C=O) groups excluding carboxylic acids is 1. The van der Waals surface area contributed by atoms with Crippen molar-refractivity contribution in [3.05, 3.63) is 58.1 Å². The van der Waals surface area contributed by atoms with Gasteiger partial charge in [0.1, 0.15) is 5.75 Å². The smallest absolute Gasteiger partial charge is 0.261 e. The minimum absolute atomic E-state index is 0. The molecular weight excluding hydrogens is 359 g/mol. The van der Waals surface area contributed by atoms with Crippen LogP contribution in [0.2, 0.25) is 5.02 Å². The SMILES string of the molecule is Cl.Nc1ccc2c(c1)CCCC2NC(=O)C1Cc2cc(Cl)ccc2O1. The summed E-state index contributed by atoms with van der Waals surface area (Å²) in [6.45, 7) is 0. The molecule has 3 N–H and O–H groups in total. The van der Waals surface area contributed by atoms with Gasteiger partial charge in [-0.3, -0.25) is 4.79 Å². The van der Waals surface area contributed by atoms with Crippen LogP contribution in [0.4, 0.5) is 5.69 Å². The number of ether oxygens (including phenoxy) is 1. The number of nitrogen functional groups attached to an aromatic ring is 1. The Morgan fingerprint density at radius 2 is 2.04 bits per heavy atom. The topological polar surface area (TPSA) is 64.3 Å². The molecule has 0 fully saturated rings. The molecule has 2 aromatic rings. The van der Waals surface area contributed by atoms with Crippen LogP contribution in [0.15, 0.2) is 36.4 Å². The van der Waals surface area contributed by atoms with E-state index >= 15 is 0 Å². The molecule has 1 heterocycles. The zero-order valence-corrected chi connectivity index (χ0v) is 15.2. The van der Waals surface area contributed by atoms with Crippen molar-refractivity contribution in [2.24, 2.45) is 0 Å². The molecule has 0 saturated heterocycles. The second kappa shape index (κ2) is 7.14. The van der Waals surface area contributed by atoms with Crippen molar-refractivity contribution >= 4 is 35.6 Å². The second-order valence-electron chi connectivity index (χ2n) is 6.47. The average molecular weight is 379 g/mol. The van der Waals surface area contributed by atoms with E-state index < -0.39 is 6.10 Å². The molecule has 4 nitrogen and oxygen atoms in total. The summed E-state index contributed by atoms with van der Waals surface area (Å²) >= 11 is 6.01. The minimum atomic E-state index is -0.488. The van der Waals surface area contributed by atoms with Crippen molar-refractivity contribution in [2.75, 3.05) is 5.73 Å². The van der Waals surface area contributed by atoms with Crippen LogP contribution < -0.4 is 15.8 Å². The molecular formula is C19H20Cl2N2O2. The fraction of sp³-hybridized carbons (Fsp3) is 0.316. The van der Waals surface area contributed by atoms with E-state index in [-0.39, 0.29) is 24.4 Å². The van der Waals surface area contributed by atoms with Crippen molar-refractivity contribution in [2.45, 2.75) is 37.8 Å². The van der Waals surface area contributed by atoms with Crippen LogP contribution in [0.3, 0.4) is 0 Å². The van der Waals surface area contributed by atoms with E-state index in [0.717, 1.165) is 36.3 Å². The van der Waals surface area contributed by atoms with Crippen molar-refractivity contribution in [1.29, 1.82) is 0 Å². The predicted octanol–water partition coefficient (Wildman–Crippen LogP) is 3.84. The number of benzene rings is 2. The van der Waals surface area contributed by atoms with Crippen LogP contribution in [-0.4, -0.2) is 12.0 Å². The fourth-order valence-electron chi connectivity index (χ4n) is 3.61. The number of halogens is 2. The molecule has 1 aliphatic carbocycles. The number of amides is 1. The Morgan fingerprint density at radius 3 is 2.88 bits per heavy atom. The molecule has 0 radical (unpaired) electrons. The third-order valence-electron chi connectivity index (χ3n) is 4.79. The number of aryl methyl sites for hydroxylation is 1. The maximum atomic E-state index is 12.6. The van der Waals surface area contributed by atoms with Gasteiger partial charge in [0.2, 0.25) is 0 Å². The van der Waals surface area contributed by atoms with E-state index in [1.54, 1.807) is 6.07 Å². The fourth-order valence-corrected chi connectivity index (χ4v) is 3.81. The highest BCUT2D eigenvalue weighted by Crippen LogP contribution is 2.33. The second-order valence-corrected chi connectivity index (χ2v) is 6.91. The van der Waals surface area contributed by atoms with Gasteiger partial charge >= 0.3 is 0 Å². The quantitative estimate of drug-likeness (QED) is 0.780. The predicted molar refractivity (Wildman–Crippen MR) is 101 cm³/mol. The number of nitrogens with one attached hydrogen (secondary N) is 1. The summed E-state index contributed by atoms with van der Waals surface area (Å²) < 4.78 is 5.78. The molecule has 2 aromatic carbocycles. The first-order chi connectivity index (χ1) is 11.6. The van der Waals surface area contributed by atoms with Crippen LogP contribution in [0.1, 0.15) is 35.6 Å². The Labute approximate surface area is 158 Å². The van der Waals surface area contributed by atoms with Gasteiger partial charge in [0.25, 0.3) is 5.91 Å². The van der Waals surface area contributed by atoms with Crippen molar-refractivity contribution in [3.63, 3.8) is 0 Å². The molecule has 0 spiro atoms. The van der Waals surface area contributed by atoms with Gasteiger partial charge in [-0.05, 0) is 66.3 Å². The van der Waals surface area contributed by atoms with Crippen molar-refractivity contribution in [3.8, 4) is 5.75 Å². The van der Waals surface area contributed by atoms with Gasteiger partial charge in [-0.25, -0.2) is 0 Å². The van der Waals surface area contributed by atoms with Crippen molar-refractivity contribution in [1.82, 2.24) is 5.32 Å². The van der Waals surface area contributed by atoms with Gasteiger partial charge in [0.05, 0.1) is 6.04 Å². The molecule has 0 aromatic heterocycles. The van der Waals surface area contributed by atoms with Crippen LogP contribution in [-0.2, 0) is 17.6 Å². The number of rotatable bonds is 2. The van der Waals surface area contributed by atoms with E-state index in [1.807, 2.05) is 30.3 Å². The average Bonchev–Trinajstić information content (AvgIpc) is 2.98. The summed E-state index contributed by atoms with van der Waals surface area (Å²) in [5.41, 5.74) is 10.0.